The Bertz CT molecular complexity index is 183. The van der Waals surface area contributed by atoms with Crippen molar-refractivity contribution in [3.63, 3.8) is 0 Å². The van der Waals surface area contributed by atoms with Gasteiger partial charge in [0.25, 0.3) is 0 Å². The largest absolute Gasteiger partial charge is 0.388 e. The SMILES string of the molecule is CCCCOCCN(CCC(=N)N)C(C)C. The van der Waals surface area contributed by atoms with Crippen LogP contribution in [-0.4, -0.2) is 43.1 Å². The second kappa shape index (κ2) is 9.60. The van der Waals surface area contributed by atoms with E-state index in [2.05, 4.69) is 25.7 Å². The third-order valence-electron chi connectivity index (χ3n) is 2.56. The van der Waals surface area contributed by atoms with Crippen molar-refractivity contribution in [2.75, 3.05) is 26.3 Å². The summed E-state index contributed by atoms with van der Waals surface area (Å²) in [5, 5.41) is 7.22. The first-order chi connectivity index (χ1) is 7.57. The Hall–Kier alpha value is -0.610. The predicted octanol–water partition coefficient (Wildman–Crippen LogP) is 1.84. The quantitative estimate of drug-likeness (QED) is 0.341. The average Bonchev–Trinajstić information content (AvgIpc) is 2.21. The third kappa shape index (κ3) is 8.68. The topological polar surface area (TPSA) is 62.3 Å². The minimum absolute atomic E-state index is 0.262. The van der Waals surface area contributed by atoms with Crippen LogP contribution < -0.4 is 5.73 Å². The smallest absolute Gasteiger partial charge is 0.0918 e. The molecule has 0 saturated heterocycles. The second-order valence-corrected chi connectivity index (χ2v) is 4.37. The Balaban J connectivity index is 3.64. The molecule has 0 spiro atoms. The number of nitrogens with one attached hydrogen (secondary N) is 1. The molecule has 0 radical (unpaired) electrons. The van der Waals surface area contributed by atoms with Crippen molar-refractivity contribution in [3.05, 3.63) is 0 Å². The Labute approximate surface area is 99.7 Å². The van der Waals surface area contributed by atoms with E-state index in [1.54, 1.807) is 0 Å². The van der Waals surface area contributed by atoms with Crippen LogP contribution in [0.3, 0.4) is 0 Å². The van der Waals surface area contributed by atoms with E-state index in [1.807, 2.05) is 0 Å². The van der Waals surface area contributed by atoms with Crippen LogP contribution in [0.4, 0.5) is 0 Å². The number of ether oxygens (including phenoxy) is 1. The molecule has 0 saturated carbocycles. The first-order valence-corrected chi connectivity index (χ1v) is 6.22. The molecule has 0 fully saturated rings. The van der Waals surface area contributed by atoms with Gasteiger partial charge in [-0.05, 0) is 20.3 Å². The Morgan fingerprint density at radius 1 is 1.31 bits per heavy atom. The van der Waals surface area contributed by atoms with Crippen LogP contribution in [0.2, 0.25) is 0 Å². The first kappa shape index (κ1) is 15.4. The van der Waals surface area contributed by atoms with Gasteiger partial charge >= 0.3 is 0 Å². The molecule has 0 amide bonds. The number of nitrogens with two attached hydrogens (primary N) is 1. The normalized spacial score (nSPS) is 11.3. The van der Waals surface area contributed by atoms with Gasteiger partial charge in [0.1, 0.15) is 0 Å². The molecule has 0 atom stereocenters. The van der Waals surface area contributed by atoms with Crippen LogP contribution in [0.15, 0.2) is 0 Å². The van der Waals surface area contributed by atoms with Gasteiger partial charge in [-0.25, -0.2) is 0 Å². The summed E-state index contributed by atoms with van der Waals surface area (Å²) in [6.45, 7) is 9.89. The number of amidine groups is 1. The van der Waals surface area contributed by atoms with Gasteiger partial charge in [0.2, 0.25) is 0 Å². The molecule has 0 aromatic rings. The van der Waals surface area contributed by atoms with Crippen LogP contribution in [0.1, 0.15) is 40.0 Å². The molecule has 16 heavy (non-hydrogen) atoms. The molecule has 0 aromatic heterocycles. The highest BCUT2D eigenvalue weighted by atomic mass is 16.5. The minimum Gasteiger partial charge on any atom is -0.388 e. The summed E-state index contributed by atoms with van der Waals surface area (Å²) in [6.07, 6.45) is 2.96. The van der Waals surface area contributed by atoms with Crippen molar-refractivity contribution in [1.29, 1.82) is 5.41 Å². The van der Waals surface area contributed by atoms with Crippen molar-refractivity contribution < 1.29 is 4.74 Å². The van der Waals surface area contributed by atoms with Gasteiger partial charge in [0, 0.05) is 32.2 Å². The summed E-state index contributed by atoms with van der Waals surface area (Å²) in [7, 11) is 0. The van der Waals surface area contributed by atoms with E-state index in [4.69, 9.17) is 15.9 Å². The van der Waals surface area contributed by atoms with Crippen LogP contribution in [0.5, 0.6) is 0 Å². The fourth-order valence-corrected chi connectivity index (χ4v) is 1.42. The van der Waals surface area contributed by atoms with E-state index in [9.17, 15) is 0 Å². The third-order valence-corrected chi connectivity index (χ3v) is 2.56. The lowest BCUT2D eigenvalue weighted by Gasteiger charge is -2.26. The zero-order valence-corrected chi connectivity index (χ0v) is 11.0. The van der Waals surface area contributed by atoms with Crippen molar-refractivity contribution in [1.82, 2.24) is 4.90 Å². The summed E-state index contributed by atoms with van der Waals surface area (Å²) >= 11 is 0. The van der Waals surface area contributed by atoms with Gasteiger partial charge in [-0.15, -0.1) is 0 Å². The van der Waals surface area contributed by atoms with E-state index in [1.165, 1.54) is 6.42 Å². The second-order valence-electron chi connectivity index (χ2n) is 4.37. The van der Waals surface area contributed by atoms with Crippen LogP contribution in [-0.2, 0) is 4.74 Å². The molecule has 0 rings (SSSR count). The number of rotatable bonds is 10. The Morgan fingerprint density at radius 3 is 2.50 bits per heavy atom. The number of nitrogens with zero attached hydrogens (tertiary/aromatic N) is 1. The summed E-state index contributed by atoms with van der Waals surface area (Å²) in [4.78, 5) is 2.30. The highest BCUT2D eigenvalue weighted by Gasteiger charge is 2.09. The Morgan fingerprint density at radius 2 is 2.00 bits per heavy atom. The van der Waals surface area contributed by atoms with Crippen molar-refractivity contribution >= 4 is 5.84 Å². The molecule has 4 heteroatoms. The number of hydrogen-bond acceptors (Lipinski definition) is 3. The molecule has 0 bridgehead atoms. The highest BCUT2D eigenvalue weighted by Crippen LogP contribution is 2.00. The monoisotopic (exact) mass is 229 g/mol. The molecular weight excluding hydrogens is 202 g/mol. The number of hydrogen-bond donors (Lipinski definition) is 2. The van der Waals surface area contributed by atoms with Gasteiger partial charge in [-0.2, -0.15) is 0 Å². The van der Waals surface area contributed by atoms with E-state index in [-0.39, 0.29) is 5.84 Å². The molecular formula is C12H27N3O. The van der Waals surface area contributed by atoms with Gasteiger partial charge < -0.3 is 10.5 Å². The zero-order valence-electron chi connectivity index (χ0n) is 11.0. The summed E-state index contributed by atoms with van der Waals surface area (Å²) in [5.74, 6) is 0.262. The maximum atomic E-state index is 7.22. The van der Waals surface area contributed by atoms with E-state index >= 15 is 0 Å². The molecule has 0 heterocycles. The van der Waals surface area contributed by atoms with Crippen LogP contribution >= 0.6 is 0 Å². The lowest BCUT2D eigenvalue weighted by atomic mass is 10.2. The zero-order chi connectivity index (χ0) is 12.4. The van der Waals surface area contributed by atoms with Gasteiger partial charge in [0.15, 0.2) is 0 Å². The van der Waals surface area contributed by atoms with Gasteiger partial charge in [0.05, 0.1) is 12.4 Å². The molecule has 96 valence electrons. The molecule has 0 aliphatic carbocycles. The van der Waals surface area contributed by atoms with Gasteiger partial charge in [-0.3, -0.25) is 10.3 Å². The molecule has 0 unspecified atom stereocenters. The Kier molecular flexibility index (Phi) is 9.24. The van der Waals surface area contributed by atoms with E-state index < -0.39 is 0 Å². The summed E-state index contributed by atoms with van der Waals surface area (Å²) < 4.78 is 5.53. The predicted molar refractivity (Wildman–Crippen MR) is 69.0 cm³/mol. The standard InChI is InChI=1S/C12H27N3O/c1-4-5-9-16-10-8-15(11(2)3)7-6-12(13)14/h11H,4-10H2,1-3H3,(H3,13,14). The molecule has 0 aliphatic heterocycles. The maximum Gasteiger partial charge on any atom is 0.0918 e. The van der Waals surface area contributed by atoms with Crippen molar-refractivity contribution in [3.8, 4) is 0 Å². The van der Waals surface area contributed by atoms with E-state index in [0.29, 0.717) is 12.5 Å². The van der Waals surface area contributed by atoms with Crippen molar-refractivity contribution in [2.45, 2.75) is 46.1 Å². The fraction of sp³-hybridized carbons (Fsp3) is 0.917. The van der Waals surface area contributed by atoms with Crippen molar-refractivity contribution in [2.24, 2.45) is 5.73 Å². The molecule has 0 aromatic carbocycles. The maximum absolute atomic E-state index is 7.22. The lowest BCUT2D eigenvalue weighted by Crippen LogP contribution is -2.36. The first-order valence-electron chi connectivity index (χ1n) is 6.22. The molecule has 4 nitrogen and oxygen atoms in total. The minimum atomic E-state index is 0.262. The lowest BCUT2D eigenvalue weighted by molar-refractivity contribution is 0.0919. The highest BCUT2D eigenvalue weighted by molar-refractivity contribution is 5.76. The van der Waals surface area contributed by atoms with Crippen LogP contribution in [0.25, 0.3) is 0 Å². The molecule has 3 N–H and O–H groups in total. The molecule has 0 aliphatic rings. The summed E-state index contributed by atoms with van der Waals surface area (Å²) in [6, 6.07) is 0.481. The van der Waals surface area contributed by atoms with E-state index in [0.717, 1.165) is 32.7 Å². The average molecular weight is 229 g/mol. The van der Waals surface area contributed by atoms with Crippen LogP contribution in [0, 0.1) is 5.41 Å². The summed E-state index contributed by atoms with van der Waals surface area (Å²) in [5.41, 5.74) is 5.36. The fourth-order valence-electron chi connectivity index (χ4n) is 1.42. The number of unbranched alkanes of at least 4 members (excludes halogenated alkanes) is 1. The van der Waals surface area contributed by atoms with Gasteiger partial charge in [-0.1, -0.05) is 13.3 Å².